The number of carbonyl (C=O) groups excluding carboxylic acids is 1. The molecule has 1 N–H and O–H groups in total. The molecule has 2 atom stereocenters. The summed E-state index contributed by atoms with van der Waals surface area (Å²) in [4.78, 5) is 15.0. The second-order valence-electron chi connectivity index (χ2n) is 7.04. The number of nitrogens with one attached hydrogen (secondary N) is 1. The van der Waals surface area contributed by atoms with Crippen LogP contribution in [0.15, 0.2) is 54.6 Å². The fourth-order valence-corrected chi connectivity index (χ4v) is 3.50. The van der Waals surface area contributed by atoms with E-state index < -0.39 is 0 Å². The molecule has 2 aromatic rings. The molecule has 28 heavy (non-hydrogen) atoms. The first-order chi connectivity index (χ1) is 13.5. The van der Waals surface area contributed by atoms with Crippen molar-refractivity contribution in [2.45, 2.75) is 32.6 Å². The molecule has 2 aromatic carbocycles. The van der Waals surface area contributed by atoms with Gasteiger partial charge in [0.2, 0.25) is 0 Å². The zero-order chi connectivity index (χ0) is 19.9. The maximum Gasteiger partial charge on any atom is 0.258 e. The normalized spacial score (nSPS) is 19.1. The standard InChI is InChI=1S/C22H26N2O3S/c1-16-13-24(14-17(2)27-16)22(28)19-8-10-20(11-9-19)26-15-21(25)23-12-18-6-4-3-5-7-18/h3-11,16-17H,12-15H2,1-2H3,(H,23,25)/t16-,17-/m0/s1. The van der Waals surface area contributed by atoms with Crippen LogP contribution in [-0.2, 0) is 16.1 Å². The first-order valence-corrected chi connectivity index (χ1v) is 9.90. The molecule has 0 spiro atoms. The van der Waals surface area contributed by atoms with E-state index in [9.17, 15) is 4.79 Å². The van der Waals surface area contributed by atoms with E-state index in [1.165, 1.54) is 0 Å². The Labute approximate surface area is 171 Å². The summed E-state index contributed by atoms with van der Waals surface area (Å²) in [6.07, 6.45) is 0.331. The number of nitrogens with zero attached hydrogens (tertiary/aromatic N) is 1. The van der Waals surface area contributed by atoms with Gasteiger partial charge >= 0.3 is 0 Å². The third-order valence-electron chi connectivity index (χ3n) is 4.51. The molecule has 0 saturated carbocycles. The van der Waals surface area contributed by atoms with Crippen molar-refractivity contribution in [1.29, 1.82) is 0 Å². The van der Waals surface area contributed by atoms with Crippen molar-refractivity contribution in [1.82, 2.24) is 10.2 Å². The predicted octanol–water partition coefficient (Wildman–Crippen LogP) is 3.17. The molecule has 5 nitrogen and oxygen atoms in total. The van der Waals surface area contributed by atoms with Crippen molar-refractivity contribution in [2.24, 2.45) is 0 Å². The Kier molecular flexibility index (Phi) is 7.01. The predicted molar refractivity (Wildman–Crippen MR) is 114 cm³/mol. The highest BCUT2D eigenvalue weighted by molar-refractivity contribution is 7.80. The lowest BCUT2D eigenvalue weighted by atomic mass is 10.1. The fraction of sp³-hybridized carbons (Fsp3) is 0.364. The SMILES string of the molecule is C[C@H]1CN(C(=S)c2ccc(OCC(=O)NCc3ccccc3)cc2)C[C@H](C)O1. The number of ether oxygens (including phenoxy) is 2. The monoisotopic (exact) mass is 398 g/mol. The smallest absolute Gasteiger partial charge is 0.258 e. The topological polar surface area (TPSA) is 50.8 Å². The van der Waals surface area contributed by atoms with Crippen LogP contribution in [0.25, 0.3) is 0 Å². The summed E-state index contributed by atoms with van der Waals surface area (Å²) < 4.78 is 11.3. The number of morpholine rings is 1. The number of rotatable bonds is 6. The Morgan fingerprint density at radius 1 is 1.11 bits per heavy atom. The summed E-state index contributed by atoms with van der Waals surface area (Å²) in [7, 11) is 0. The highest BCUT2D eigenvalue weighted by Crippen LogP contribution is 2.18. The Hall–Kier alpha value is -2.44. The van der Waals surface area contributed by atoms with E-state index in [1.807, 2.05) is 54.6 Å². The van der Waals surface area contributed by atoms with Crippen molar-refractivity contribution in [3.63, 3.8) is 0 Å². The largest absolute Gasteiger partial charge is 0.484 e. The average molecular weight is 399 g/mol. The van der Waals surface area contributed by atoms with Gasteiger partial charge in [-0.15, -0.1) is 0 Å². The second kappa shape index (κ2) is 9.66. The van der Waals surface area contributed by atoms with Gasteiger partial charge in [-0.05, 0) is 43.7 Å². The Morgan fingerprint density at radius 3 is 2.39 bits per heavy atom. The quantitative estimate of drug-likeness (QED) is 0.758. The lowest BCUT2D eigenvalue weighted by Gasteiger charge is -2.37. The number of hydrogen-bond donors (Lipinski definition) is 1. The molecule has 1 heterocycles. The zero-order valence-electron chi connectivity index (χ0n) is 16.3. The third kappa shape index (κ3) is 5.78. The van der Waals surface area contributed by atoms with Gasteiger partial charge in [0, 0.05) is 25.2 Å². The van der Waals surface area contributed by atoms with Gasteiger partial charge < -0.3 is 19.7 Å². The highest BCUT2D eigenvalue weighted by Gasteiger charge is 2.24. The van der Waals surface area contributed by atoms with Crippen LogP contribution in [0.1, 0.15) is 25.0 Å². The number of thiocarbonyl (C=S) groups is 1. The molecule has 1 amide bonds. The number of carbonyl (C=O) groups is 1. The van der Waals surface area contributed by atoms with Gasteiger partial charge in [0.1, 0.15) is 10.7 Å². The summed E-state index contributed by atoms with van der Waals surface area (Å²) >= 11 is 5.64. The molecule has 0 bridgehead atoms. The van der Waals surface area contributed by atoms with E-state index in [4.69, 9.17) is 21.7 Å². The summed E-state index contributed by atoms with van der Waals surface area (Å²) in [6.45, 7) is 6.18. The molecular weight excluding hydrogens is 372 g/mol. The summed E-state index contributed by atoms with van der Waals surface area (Å²) in [5.41, 5.74) is 2.03. The van der Waals surface area contributed by atoms with Crippen molar-refractivity contribution in [3.8, 4) is 5.75 Å². The van der Waals surface area contributed by atoms with Crippen molar-refractivity contribution < 1.29 is 14.3 Å². The Morgan fingerprint density at radius 2 is 1.75 bits per heavy atom. The van der Waals surface area contributed by atoms with E-state index >= 15 is 0 Å². The van der Waals surface area contributed by atoms with Gasteiger partial charge in [0.15, 0.2) is 6.61 Å². The minimum Gasteiger partial charge on any atom is -0.484 e. The molecule has 0 aromatic heterocycles. The van der Waals surface area contributed by atoms with Gasteiger partial charge in [-0.25, -0.2) is 0 Å². The van der Waals surface area contributed by atoms with Crippen LogP contribution in [-0.4, -0.2) is 47.7 Å². The van der Waals surface area contributed by atoms with E-state index in [-0.39, 0.29) is 24.7 Å². The van der Waals surface area contributed by atoms with Gasteiger partial charge in [-0.3, -0.25) is 4.79 Å². The maximum absolute atomic E-state index is 12.0. The lowest BCUT2D eigenvalue weighted by Crippen LogP contribution is -2.47. The van der Waals surface area contributed by atoms with Crippen LogP contribution < -0.4 is 10.1 Å². The minimum absolute atomic E-state index is 0.0187. The van der Waals surface area contributed by atoms with Gasteiger partial charge in [-0.2, -0.15) is 0 Å². The molecule has 3 rings (SSSR count). The van der Waals surface area contributed by atoms with E-state index in [0.717, 1.165) is 29.2 Å². The van der Waals surface area contributed by atoms with Crippen LogP contribution >= 0.6 is 12.2 Å². The van der Waals surface area contributed by atoms with E-state index in [0.29, 0.717) is 12.3 Å². The first kappa shape index (κ1) is 20.3. The van der Waals surface area contributed by atoms with Gasteiger partial charge in [-0.1, -0.05) is 42.5 Å². The molecule has 1 fully saturated rings. The Balaban J connectivity index is 1.47. The number of hydrogen-bond acceptors (Lipinski definition) is 4. The lowest BCUT2D eigenvalue weighted by molar-refractivity contribution is -0.123. The van der Waals surface area contributed by atoms with Crippen LogP contribution in [0.2, 0.25) is 0 Å². The van der Waals surface area contributed by atoms with Crippen LogP contribution in [0.3, 0.4) is 0 Å². The molecule has 1 aliphatic heterocycles. The molecule has 0 radical (unpaired) electrons. The van der Waals surface area contributed by atoms with Crippen LogP contribution in [0.4, 0.5) is 0 Å². The minimum atomic E-state index is -0.153. The summed E-state index contributed by atoms with van der Waals surface area (Å²) in [5.74, 6) is 0.491. The van der Waals surface area contributed by atoms with Gasteiger partial charge in [0.25, 0.3) is 5.91 Å². The van der Waals surface area contributed by atoms with Crippen LogP contribution in [0.5, 0.6) is 5.75 Å². The van der Waals surface area contributed by atoms with Crippen LogP contribution in [0, 0.1) is 0 Å². The van der Waals surface area contributed by atoms with E-state index in [1.54, 1.807) is 0 Å². The zero-order valence-corrected chi connectivity index (χ0v) is 17.1. The van der Waals surface area contributed by atoms with Gasteiger partial charge in [0.05, 0.1) is 12.2 Å². The third-order valence-corrected chi connectivity index (χ3v) is 5.00. The summed E-state index contributed by atoms with van der Waals surface area (Å²) in [6, 6.07) is 17.3. The van der Waals surface area contributed by atoms with Crippen molar-refractivity contribution in [3.05, 3.63) is 65.7 Å². The first-order valence-electron chi connectivity index (χ1n) is 9.49. The average Bonchev–Trinajstić information content (AvgIpc) is 2.70. The van der Waals surface area contributed by atoms with Crippen molar-refractivity contribution >= 4 is 23.1 Å². The number of benzene rings is 2. The molecular formula is C22H26N2O3S. The van der Waals surface area contributed by atoms with Crippen molar-refractivity contribution in [2.75, 3.05) is 19.7 Å². The fourth-order valence-electron chi connectivity index (χ4n) is 3.22. The molecule has 0 unspecified atom stereocenters. The van der Waals surface area contributed by atoms with E-state index in [2.05, 4.69) is 24.1 Å². The molecule has 1 aliphatic rings. The molecule has 0 aliphatic carbocycles. The second-order valence-corrected chi connectivity index (χ2v) is 7.43. The Bertz CT molecular complexity index is 785. The molecule has 148 valence electrons. The maximum atomic E-state index is 12.0. The molecule has 6 heteroatoms. The molecule has 1 saturated heterocycles. The summed E-state index contributed by atoms with van der Waals surface area (Å²) in [5, 5.41) is 2.85. The number of amides is 1. The highest BCUT2D eigenvalue weighted by atomic mass is 32.1.